The summed E-state index contributed by atoms with van der Waals surface area (Å²) < 4.78 is 25.5. The van der Waals surface area contributed by atoms with Crippen molar-refractivity contribution in [1.29, 1.82) is 0 Å². The third-order valence-corrected chi connectivity index (χ3v) is 5.52. The van der Waals surface area contributed by atoms with Gasteiger partial charge in [-0.3, -0.25) is 9.59 Å². The molecule has 4 rings (SSSR count). The summed E-state index contributed by atoms with van der Waals surface area (Å²) in [6, 6.07) is 9.22. The van der Waals surface area contributed by atoms with Crippen molar-refractivity contribution >= 4 is 29.0 Å². The summed E-state index contributed by atoms with van der Waals surface area (Å²) in [5, 5.41) is 12.5. The van der Waals surface area contributed by atoms with Crippen LogP contribution in [0.4, 0.5) is 10.1 Å². The van der Waals surface area contributed by atoms with Crippen molar-refractivity contribution in [2.45, 2.75) is 25.6 Å². The molecule has 8 heteroatoms. The molecule has 2 amide bonds. The molecule has 1 aliphatic heterocycles. The van der Waals surface area contributed by atoms with Gasteiger partial charge in [0.1, 0.15) is 17.2 Å². The van der Waals surface area contributed by atoms with Gasteiger partial charge < -0.3 is 24.5 Å². The van der Waals surface area contributed by atoms with Crippen molar-refractivity contribution < 1.29 is 28.2 Å². The van der Waals surface area contributed by atoms with E-state index in [0.717, 1.165) is 12.0 Å². The lowest BCUT2D eigenvalue weighted by Gasteiger charge is -2.20. The van der Waals surface area contributed by atoms with Crippen LogP contribution in [0.2, 0.25) is 0 Å². The molecule has 0 aliphatic carbocycles. The van der Waals surface area contributed by atoms with Crippen molar-refractivity contribution in [3.05, 3.63) is 53.3 Å². The number of halogens is 1. The number of nitrogens with zero attached hydrogens (tertiary/aromatic N) is 1. The van der Waals surface area contributed by atoms with E-state index >= 15 is 0 Å². The first-order valence-electron chi connectivity index (χ1n) is 10.0. The number of hydrogen-bond acceptors (Lipinski definition) is 5. The lowest BCUT2D eigenvalue weighted by atomic mass is 10.00. The van der Waals surface area contributed by atoms with Gasteiger partial charge in [0, 0.05) is 36.2 Å². The number of ether oxygens (including phenoxy) is 1. The third-order valence-electron chi connectivity index (χ3n) is 5.52. The Morgan fingerprint density at radius 1 is 1.32 bits per heavy atom. The van der Waals surface area contributed by atoms with Gasteiger partial charge in [-0.2, -0.15) is 0 Å². The molecular weight excluding hydrogens is 403 g/mol. The van der Waals surface area contributed by atoms with Crippen LogP contribution in [-0.2, 0) is 9.53 Å². The maximum absolute atomic E-state index is 13.4. The molecule has 2 aromatic carbocycles. The molecule has 2 heterocycles. The van der Waals surface area contributed by atoms with Crippen molar-refractivity contribution in [3.63, 3.8) is 0 Å². The Morgan fingerprint density at radius 3 is 2.71 bits per heavy atom. The minimum atomic E-state index is -0.391. The van der Waals surface area contributed by atoms with Gasteiger partial charge in [-0.1, -0.05) is 0 Å². The number of nitrogens with one attached hydrogen (secondary N) is 1. The van der Waals surface area contributed by atoms with Crippen LogP contribution in [0, 0.1) is 5.82 Å². The number of amides is 2. The minimum Gasteiger partial charge on any atom is -0.455 e. The molecule has 0 bridgehead atoms. The number of benzene rings is 2. The van der Waals surface area contributed by atoms with E-state index in [4.69, 9.17) is 9.15 Å². The van der Waals surface area contributed by atoms with E-state index in [1.54, 1.807) is 24.3 Å². The van der Waals surface area contributed by atoms with Crippen LogP contribution in [0.25, 0.3) is 22.3 Å². The van der Waals surface area contributed by atoms with Gasteiger partial charge in [-0.15, -0.1) is 0 Å². The van der Waals surface area contributed by atoms with E-state index in [1.165, 1.54) is 24.1 Å². The van der Waals surface area contributed by atoms with E-state index < -0.39 is 5.82 Å². The van der Waals surface area contributed by atoms with Crippen LogP contribution < -0.4 is 10.2 Å². The van der Waals surface area contributed by atoms with Crippen LogP contribution in [0.1, 0.15) is 35.4 Å². The number of aliphatic hydroxyl groups is 1. The average molecular weight is 426 g/mol. The van der Waals surface area contributed by atoms with Gasteiger partial charge in [-0.05, 0) is 43.7 Å². The third kappa shape index (κ3) is 3.80. The molecule has 3 aromatic rings. The maximum Gasteiger partial charge on any atom is 0.255 e. The van der Waals surface area contributed by atoms with Crippen LogP contribution >= 0.6 is 0 Å². The number of carbonyl (C=O) groups is 2. The number of carbonyl (C=O) groups excluding carboxylic acids is 2. The normalized spacial score (nSPS) is 18.5. The fraction of sp³-hybridized carbons (Fsp3) is 0.304. The number of anilines is 1. The number of fused-ring (bicyclic) bond motifs is 2. The second-order valence-electron chi connectivity index (χ2n) is 7.47. The standard InChI is InChI=1S/C23H23FN2O5/c1-13-17-9-18-20(10-19(17)26(12-28)11-16(30-13)7-8-27)31-22(21(18)23(29)25-2)14-3-5-15(24)6-4-14/h3-6,9-10,12-13,16,27H,7-8,11H2,1-2H3,(H,25,29)/t13-,16+/m0/s1. The molecule has 162 valence electrons. The number of furan rings is 1. The highest BCUT2D eigenvalue weighted by Crippen LogP contribution is 2.41. The molecule has 0 saturated carbocycles. The molecule has 0 unspecified atom stereocenters. The smallest absolute Gasteiger partial charge is 0.255 e. The molecule has 2 N–H and O–H groups in total. The molecule has 0 spiro atoms. The first-order valence-corrected chi connectivity index (χ1v) is 10.0. The summed E-state index contributed by atoms with van der Waals surface area (Å²) in [7, 11) is 1.53. The Kier molecular flexibility index (Phi) is 5.75. The topological polar surface area (TPSA) is 92.0 Å². The summed E-state index contributed by atoms with van der Waals surface area (Å²) in [6.07, 6.45) is 0.427. The van der Waals surface area contributed by atoms with Gasteiger partial charge in [0.15, 0.2) is 0 Å². The fourth-order valence-electron chi connectivity index (χ4n) is 4.00. The summed E-state index contributed by atoms with van der Waals surface area (Å²) in [5.41, 5.74) is 2.67. The largest absolute Gasteiger partial charge is 0.455 e. The zero-order chi connectivity index (χ0) is 22.1. The predicted molar refractivity (Wildman–Crippen MR) is 113 cm³/mol. The lowest BCUT2D eigenvalue weighted by Crippen LogP contribution is -2.31. The van der Waals surface area contributed by atoms with Crippen LogP contribution in [0.3, 0.4) is 0 Å². The molecule has 0 saturated heterocycles. The van der Waals surface area contributed by atoms with Crippen LogP contribution in [0.15, 0.2) is 40.8 Å². The van der Waals surface area contributed by atoms with Gasteiger partial charge in [0.2, 0.25) is 6.41 Å². The molecule has 31 heavy (non-hydrogen) atoms. The highest BCUT2D eigenvalue weighted by atomic mass is 19.1. The van der Waals surface area contributed by atoms with Gasteiger partial charge in [0.25, 0.3) is 5.91 Å². The predicted octanol–water partition coefficient (Wildman–Crippen LogP) is 3.40. The Labute approximate surface area is 178 Å². The maximum atomic E-state index is 13.4. The lowest BCUT2D eigenvalue weighted by molar-refractivity contribution is -0.108. The van der Waals surface area contributed by atoms with Crippen molar-refractivity contribution in [2.75, 3.05) is 25.1 Å². The SMILES string of the molecule is CNC(=O)c1c(-c2ccc(F)cc2)oc2cc3c(cc12)[C@H](C)O[C@H](CCO)CN3C=O. The highest BCUT2D eigenvalue weighted by molar-refractivity contribution is 6.12. The first-order chi connectivity index (χ1) is 15.0. The van der Waals surface area contributed by atoms with Crippen LogP contribution in [0.5, 0.6) is 0 Å². The Balaban J connectivity index is 1.93. The fourth-order valence-corrected chi connectivity index (χ4v) is 4.00. The monoisotopic (exact) mass is 426 g/mol. The zero-order valence-electron chi connectivity index (χ0n) is 17.2. The Hall–Kier alpha value is -3.23. The molecule has 1 aromatic heterocycles. The Morgan fingerprint density at radius 2 is 2.06 bits per heavy atom. The van der Waals surface area contributed by atoms with E-state index in [9.17, 15) is 19.1 Å². The Bertz CT molecular complexity index is 1130. The second-order valence-corrected chi connectivity index (χ2v) is 7.47. The summed E-state index contributed by atoms with van der Waals surface area (Å²) in [4.78, 5) is 26.1. The molecule has 0 fully saturated rings. The summed E-state index contributed by atoms with van der Waals surface area (Å²) in [6.45, 7) is 2.11. The van der Waals surface area contributed by atoms with Gasteiger partial charge >= 0.3 is 0 Å². The van der Waals surface area contributed by atoms with E-state index in [0.29, 0.717) is 46.5 Å². The van der Waals surface area contributed by atoms with Crippen molar-refractivity contribution in [2.24, 2.45) is 0 Å². The quantitative estimate of drug-likeness (QED) is 0.610. The van der Waals surface area contributed by atoms with Crippen LogP contribution in [-0.4, -0.2) is 43.7 Å². The molecular formula is C23H23FN2O5. The molecule has 1 aliphatic rings. The number of aliphatic hydroxyl groups excluding tert-OH is 1. The van der Waals surface area contributed by atoms with E-state index in [-0.39, 0.29) is 24.7 Å². The highest BCUT2D eigenvalue weighted by Gasteiger charge is 2.30. The van der Waals surface area contributed by atoms with Gasteiger partial charge in [-0.25, -0.2) is 4.39 Å². The summed E-state index contributed by atoms with van der Waals surface area (Å²) in [5.74, 6) is -0.414. The number of hydrogen-bond donors (Lipinski definition) is 2. The summed E-state index contributed by atoms with van der Waals surface area (Å²) >= 11 is 0. The van der Waals surface area contributed by atoms with E-state index in [1.807, 2.05) is 6.92 Å². The molecule has 7 nitrogen and oxygen atoms in total. The van der Waals surface area contributed by atoms with Crippen molar-refractivity contribution in [1.82, 2.24) is 5.32 Å². The first kappa shape index (κ1) is 21.0. The van der Waals surface area contributed by atoms with E-state index in [2.05, 4.69) is 5.32 Å². The number of rotatable bonds is 5. The molecule has 2 atom stereocenters. The second kappa shape index (κ2) is 8.49. The average Bonchev–Trinajstić information content (AvgIpc) is 3.08. The van der Waals surface area contributed by atoms with Crippen molar-refractivity contribution in [3.8, 4) is 11.3 Å². The molecule has 0 radical (unpaired) electrons. The minimum absolute atomic E-state index is 0.0510. The zero-order valence-corrected chi connectivity index (χ0v) is 17.2. The van der Waals surface area contributed by atoms with Gasteiger partial charge in [0.05, 0.1) is 30.0 Å².